The van der Waals surface area contributed by atoms with Gasteiger partial charge in [-0.3, -0.25) is 4.79 Å². The molecule has 0 bridgehead atoms. The minimum Gasteiger partial charge on any atom is -0.457 e. The number of nitrogen functional groups attached to an aromatic ring is 1. The number of carbonyl (C=O) groups excluding carboxylic acids is 1. The first-order chi connectivity index (χ1) is 19.7. The molecular formula is C30H33N7O3. The third-order valence-electron chi connectivity index (χ3n) is 7.39. The molecule has 0 spiro atoms. The summed E-state index contributed by atoms with van der Waals surface area (Å²) in [6.45, 7) is 3.45. The number of piperidine rings is 1. The van der Waals surface area contributed by atoms with Crippen LogP contribution in [0.25, 0.3) is 22.3 Å². The Labute approximate surface area is 232 Å². The van der Waals surface area contributed by atoms with Gasteiger partial charge < -0.3 is 25.4 Å². The van der Waals surface area contributed by atoms with Crippen LogP contribution in [-0.4, -0.2) is 69.4 Å². The number of ether oxygens (including phenoxy) is 2. The van der Waals surface area contributed by atoms with Crippen LogP contribution in [0.4, 0.5) is 5.82 Å². The highest BCUT2D eigenvalue weighted by molar-refractivity contribution is 5.98. The van der Waals surface area contributed by atoms with E-state index in [-0.39, 0.29) is 11.9 Å². The van der Waals surface area contributed by atoms with Crippen LogP contribution in [-0.2, 0) is 9.53 Å². The molecular weight excluding hydrogens is 506 g/mol. The fraction of sp³-hybridized carbons (Fsp3) is 0.333. The van der Waals surface area contributed by atoms with Gasteiger partial charge in [-0.1, -0.05) is 24.3 Å². The lowest BCUT2D eigenvalue weighted by molar-refractivity contribution is -0.127. The first-order valence-corrected chi connectivity index (χ1v) is 13.7. The first kappa shape index (κ1) is 26.0. The second kappa shape index (κ2) is 11.8. The van der Waals surface area contributed by atoms with Crippen molar-refractivity contribution in [2.24, 2.45) is 0 Å². The molecule has 2 unspecified atom stereocenters. The Morgan fingerprint density at radius 3 is 2.73 bits per heavy atom. The minimum absolute atomic E-state index is 0.00833. The third kappa shape index (κ3) is 5.68. The molecule has 0 radical (unpaired) electrons. The Morgan fingerprint density at radius 1 is 1.10 bits per heavy atom. The van der Waals surface area contributed by atoms with E-state index in [9.17, 15) is 4.79 Å². The van der Waals surface area contributed by atoms with Gasteiger partial charge in [-0.25, -0.2) is 14.6 Å². The van der Waals surface area contributed by atoms with Gasteiger partial charge in [0.25, 0.3) is 0 Å². The monoisotopic (exact) mass is 539 g/mol. The fourth-order valence-corrected chi connectivity index (χ4v) is 5.31. The number of anilines is 1. The fourth-order valence-electron chi connectivity index (χ4n) is 5.31. The van der Waals surface area contributed by atoms with E-state index >= 15 is 0 Å². The Bertz CT molecular complexity index is 1480. The number of nitrogens with two attached hydrogens (primary N) is 1. The number of likely N-dealkylation sites (tertiary alicyclic amines) is 1. The van der Waals surface area contributed by atoms with E-state index in [1.54, 1.807) is 6.08 Å². The van der Waals surface area contributed by atoms with Crippen molar-refractivity contribution in [2.75, 3.05) is 38.6 Å². The number of benzene rings is 2. The van der Waals surface area contributed by atoms with E-state index in [1.807, 2.05) is 70.3 Å². The number of hydrogen-bond donors (Lipinski definition) is 2. The first-order valence-electron chi connectivity index (χ1n) is 13.7. The number of fused-ring (bicyclic) bond motifs is 1. The maximum absolute atomic E-state index is 13.0. The number of hydrogen-bond acceptors (Lipinski definition) is 8. The van der Waals surface area contributed by atoms with Crippen LogP contribution in [0, 0.1) is 0 Å². The average molecular weight is 540 g/mol. The number of nitrogens with one attached hydrogen (secondary N) is 1. The van der Waals surface area contributed by atoms with E-state index < -0.39 is 0 Å². The molecule has 1 amide bonds. The van der Waals surface area contributed by atoms with Gasteiger partial charge in [-0.15, -0.1) is 0 Å². The Balaban J connectivity index is 1.20. The van der Waals surface area contributed by atoms with Crippen molar-refractivity contribution in [3.05, 3.63) is 73.1 Å². The standard InChI is InChI=1S/C30H33N7O3/c31-29-27-28(21-10-12-25(13-11-21)40-24-7-2-1-3-8-24)35-37(30(27)34-20-33-29)23-6-5-16-36(18-23)26(38)9-4-15-32-22-14-17-39-19-22/h1-4,7-13,20,22-23,32H,5-6,14-19H2,(H2,31,33,34). The third-order valence-corrected chi connectivity index (χ3v) is 7.39. The van der Waals surface area contributed by atoms with Crippen molar-refractivity contribution in [1.29, 1.82) is 0 Å². The molecule has 206 valence electrons. The average Bonchev–Trinajstić information content (AvgIpc) is 3.65. The summed E-state index contributed by atoms with van der Waals surface area (Å²) in [7, 11) is 0. The highest BCUT2D eigenvalue weighted by Crippen LogP contribution is 2.34. The predicted octanol–water partition coefficient (Wildman–Crippen LogP) is 3.97. The van der Waals surface area contributed by atoms with Crippen LogP contribution in [0.5, 0.6) is 11.5 Å². The molecule has 40 heavy (non-hydrogen) atoms. The number of amides is 1. The molecule has 10 heteroatoms. The number of aromatic nitrogens is 4. The summed E-state index contributed by atoms with van der Waals surface area (Å²) >= 11 is 0. The van der Waals surface area contributed by atoms with Crippen LogP contribution < -0.4 is 15.8 Å². The summed E-state index contributed by atoms with van der Waals surface area (Å²) in [6, 6.07) is 17.7. The zero-order valence-corrected chi connectivity index (χ0v) is 22.3. The molecule has 2 aromatic heterocycles. The van der Waals surface area contributed by atoms with E-state index in [1.165, 1.54) is 6.33 Å². The van der Waals surface area contributed by atoms with Gasteiger partial charge in [0.2, 0.25) is 5.91 Å². The second-order valence-electron chi connectivity index (χ2n) is 10.1. The van der Waals surface area contributed by atoms with Crippen molar-refractivity contribution in [3.63, 3.8) is 0 Å². The molecule has 4 heterocycles. The molecule has 0 aliphatic carbocycles. The maximum Gasteiger partial charge on any atom is 0.246 e. The Hall–Kier alpha value is -4.28. The minimum atomic E-state index is -0.0221. The molecule has 4 aromatic rings. The van der Waals surface area contributed by atoms with E-state index in [4.69, 9.17) is 20.3 Å². The lowest BCUT2D eigenvalue weighted by Gasteiger charge is -2.32. The molecule has 2 aliphatic heterocycles. The van der Waals surface area contributed by atoms with Gasteiger partial charge in [0, 0.05) is 43.9 Å². The van der Waals surface area contributed by atoms with Gasteiger partial charge in [0.15, 0.2) is 5.65 Å². The zero-order valence-electron chi connectivity index (χ0n) is 22.3. The molecule has 6 rings (SSSR count). The van der Waals surface area contributed by atoms with Crippen LogP contribution in [0.1, 0.15) is 25.3 Å². The van der Waals surface area contributed by atoms with Crippen LogP contribution >= 0.6 is 0 Å². The largest absolute Gasteiger partial charge is 0.457 e. The smallest absolute Gasteiger partial charge is 0.246 e. The molecule has 2 aliphatic rings. The molecule has 2 atom stereocenters. The van der Waals surface area contributed by atoms with Crippen molar-refractivity contribution in [1.82, 2.24) is 30.0 Å². The summed E-state index contributed by atoms with van der Waals surface area (Å²) in [5, 5.41) is 9.10. The number of rotatable bonds is 8. The SMILES string of the molecule is Nc1ncnc2c1c(-c1ccc(Oc3ccccc3)cc1)nn2C1CCCN(C(=O)C=CCNC2CCOC2)C1. The predicted molar refractivity (Wildman–Crippen MR) is 153 cm³/mol. The summed E-state index contributed by atoms with van der Waals surface area (Å²) in [5.41, 5.74) is 8.61. The van der Waals surface area contributed by atoms with Gasteiger partial charge in [-0.05, 0) is 55.7 Å². The van der Waals surface area contributed by atoms with Crippen molar-refractivity contribution >= 4 is 22.8 Å². The van der Waals surface area contributed by atoms with Crippen molar-refractivity contribution in [2.45, 2.75) is 31.3 Å². The molecule has 2 fully saturated rings. The normalized spacial score (nSPS) is 19.4. The molecule has 10 nitrogen and oxygen atoms in total. The van der Waals surface area contributed by atoms with Gasteiger partial charge >= 0.3 is 0 Å². The summed E-state index contributed by atoms with van der Waals surface area (Å²) in [6.07, 6.45) is 7.80. The van der Waals surface area contributed by atoms with Gasteiger partial charge in [0.05, 0.1) is 18.0 Å². The maximum atomic E-state index is 13.0. The van der Waals surface area contributed by atoms with E-state index in [0.717, 1.165) is 56.1 Å². The molecule has 2 aromatic carbocycles. The van der Waals surface area contributed by atoms with Gasteiger partial charge in [0.1, 0.15) is 29.3 Å². The van der Waals surface area contributed by atoms with Crippen molar-refractivity contribution in [3.8, 4) is 22.8 Å². The highest BCUT2D eigenvalue weighted by atomic mass is 16.5. The van der Waals surface area contributed by atoms with Crippen LogP contribution in [0.15, 0.2) is 73.1 Å². The number of para-hydroxylation sites is 1. The number of carbonyl (C=O) groups is 1. The van der Waals surface area contributed by atoms with Crippen molar-refractivity contribution < 1.29 is 14.3 Å². The van der Waals surface area contributed by atoms with Gasteiger partial charge in [-0.2, -0.15) is 5.10 Å². The Kier molecular flexibility index (Phi) is 7.69. The molecule has 3 N–H and O–H groups in total. The zero-order chi connectivity index (χ0) is 27.3. The molecule has 2 saturated heterocycles. The Morgan fingerprint density at radius 2 is 1.93 bits per heavy atom. The summed E-state index contributed by atoms with van der Waals surface area (Å²) in [4.78, 5) is 23.7. The number of nitrogens with zero attached hydrogens (tertiary/aromatic N) is 5. The topological polar surface area (TPSA) is 120 Å². The van der Waals surface area contributed by atoms with Crippen LogP contribution in [0.2, 0.25) is 0 Å². The lowest BCUT2D eigenvalue weighted by Crippen LogP contribution is -2.40. The van der Waals surface area contributed by atoms with E-state index in [0.29, 0.717) is 41.7 Å². The second-order valence-corrected chi connectivity index (χ2v) is 10.1. The lowest BCUT2D eigenvalue weighted by atomic mass is 10.1. The summed E-state index contributed by atoms with van der Waals surface area (Å²) in [5.74, 6) is 1.88. The quantitative estimate of drug-likeness (QED) is 0.323. The highest BCUT2D eigenvalue weighted by Gasteiger charge is 2.28. The summed E-state index contributed by atoms with van der Waals surface area (Å²) < 4.78 is 13.3. The molecule has 0 saturated carbocycles. The van der Waals surface area contributed by atoms with Crippen LogP contribution in [0.3, 0.4) is 0 Å². The van der Waals surface area contributed by atoms with E-state index in [2.05, 4.69) is 15.3 Å².